The molecule has 22 heavy (non-hydrogen) atoms. The Morgan fingerprint density at radius 2 is 2.09 bits per heavy atom. The van der Waals surface area contributed by atoms with E-state index in [9.17, 15) is 4.79 Å². The van der Waals surface area contributed by atoms with Gasteiger partial charge in [0, 0.05) is 5.69 Å². The highest BCUT2D eigenvalue weighted by Crippen LogP contribution is 2.26. The summed E-state index contributed by atoms with van der Waals surface area (Å²) in [6.45, 7) is 3.59. The van der Waals surface area contributed by atoms with Gasteiger partial charge in [0.15, 0.2) is 6.10 Å². The predicted molar refractivity (Wildman–Crippen MR) is 86.1 cm³/mol. The van der Waals surface area contributed by atoms with E-state index in [1.165, 1.54) is 6.07 Å². The number of aryl methyl sites for hydroxylation is 1. The second kappa shape index (κ2) is 6.97. The summed E-state index contributed by atoms with van der Waals surface area (Å²) in [5.74, 6) is 0.0959. The van der Waals surface area contributed by atoms with Crippen LogP contribution in [0.2, 0.25) is 5.02 Å². The van der Waals surface area contributed by atoms with Crippen LogP contribution in [0, 0.1) is 18.3 Å². The fourth-order valence-electron chi connectivity index (χ4n) is 1.88. The van der Waals surface area contributed by atoms with Gasteiger partial charge < -0.3 is 10.1 Å². The smallest absolute Gasteiger partial charge is 0.265 e. The average Bonchev–Trinajstić information content (AvgIpc) is 2.49. The Kier molecular flexibility index (Phi) is 5.03. The van der Waals surface area contributed by atoms with E-state index in [-0.39, 0.29) is 5.91 Å². The molecule has 1 amide bonds. The lowest BCUT2D eigenvalue weighted by Gasteiger charge is -2.16. The van der Waals surface area contributed by atoms with Crippen molar-refractivity contribution >= 4 is 23.2 Å². The van der Waals surface area contributed by atoms with Crippen molar-refractivity contribution in [3.8, 4) is 11.8 Å². The van der Waals surface area contributed by atoms with E-state index in [1.807, 2.05) is 37.3 Å². The lowest BCUT2D eigenvalue weighted by atomic mass is 10.2. The maximum Gasteiger partial charge on any atom is 0.265 e. The summed E-state index contributed by atoms with van der Waals surface area (Å²) >= 11 is 6.03. The van der Waals surface area contributed by atoms with E-state index in [1.54, 1.807) is 19.1 Å². The molecule has 0 radical (unpaired) electrons. The number of nitriles is 1. The molecule has 2 aromatic rings. The third kappa shape index (κ3) is 4.00. The van der Waals surface area contributed by atoms with Crippen molar-refractivity contribution in [3.05, 3.63) is 58.6 Å². The first kappa shape index (κ1) is 15.9. The number of ether oxygens (including phenoxy) is 1. The summed E-state index contributed by atoms with van der Waals surface area (Å²) in [4.78, 5) is 12.1. The molecule has 2 aromatic carbocycles. The van der Waals surface area contributed by atoms with Gasteiger partial charge in [-0.3, -0.25) is 4.79 Å². The summed E-state index contributed by atoms with van der Waals surface area (Å²) in [5.41, 5.74) is 2.21. The van der Waals surface area contributed by atoms with Crippen LogP contribution in [0.5, 0.6) is 5.75 Å². The molecule has 0 unspecified atom stereocenters. The number of hydrogen-bond acceptors (Lipinski definition) is 3. The number of carbonyl (C=O) groups is 1. The lowest BCUT2D eigenvalue weighted by Crippen LogP contribution is -2.30. The molecule has 0 aliphatic heterocycles. The van der Waals surface area contributed by atoms with Gasteiger partial charge in [0.05, 0.1) is 16.7 Å². The van der Waals surface area contributed by atoms with Crippen LogP contribution in [0.15, 0.2) is 42.5 Å². The largest absolute Gasteiger partial charge is 0.479 e. The summed E-state index contributed by atoms with van der Waals surface area (Å²) in [6.07, 6.45) is -0.717. The van der Waals surface area contributed by atoms with Gasteiger partial charge in [-0.2, -0.15) is 5.26 Å². The van der Waals surface area contributed by atoms with Crippen molar-refractivity contribution in [1.29, 1.82) is 5.26 Å². The normalized spacial score (nSPS) is 11.4. The van der Waals surface area contributed by atoms with Crippen LogP contribution in [0.4, 0.5) is 5.69 Å². The van der Waals surface area contributed by atoms with Crippen LogP contribution in [-0.2, 0) is 4.79 Å². The highest BCUT2D eigenvalue weighted by Gasteiger charge is 2.16. The van der Waals surface area contributed by atoms with Gasteiger partial charge in [-0.25, -0.2) is 0 Å². The van der Waals surface area contributed by atoms with Crippen LogP contribution in [-0.4, -0.2) is 12.0 Å². The SMILES string of the molecule is Cc1cccc(NC(=O)[C@@H](C)Oc2ccc(C#N)cc2Cl)c1. The molecule has 0 aliphatic carbocycles. The molecule has 0 saturated heterocycles. The van der Waals surface area contributed by atoms with Gasteiger partial charge in [-0.15, -0.1) is 0 Å². The second-order valence-electron chi connectivity index (χ2n) is 4.88. The maximum absolute atomic E-state index is 12.1. The molecular formula is C17H15ClN2O2. The summed E-state index contributed by atoms with van der Waals surface area (Å²) in [5, 5.41) is 11.9. The first-order valence-electron chi connectivity index (χ1n) is 6.73. The van der Waals surface area contributed by atoms with E-state index in [0.717, 1.165) is 5.56 Å². The van der Waals surface area contributed by atoms with E-state index >= 15 is 0 Å². The van der Waals surface area contributed by atoms with Crippen molar-refractivity contribution in [2.45, 2.75) is 20.0 Å². The molecular weight excluding hydrogens is 300 g/mol. The molecule has 0 fully saturated rings. The van der Waals surface area contributed by atoms with E-state index in [2.05, 4.69) is 5.32 Å². The fraction of sp³-hybridized carbons (Fsp3) is 0.176. The molecule has 0 saturated carbocycles. The third-order valence-electron chi connectivity index (χ3n) is 3.02. The van der Waals surface area contributed by atoms with Crippen LogP contribution in [0.25, 0.3) is 0 Å². The van der Waals surface area contributed by atoms with Gasteiger partial charge in [0.1, 0.15) is 5.75 Å². The fourth-order valence-corrected chi connectivity index (χ4v) is 2.10. The Labute approximate surface area is 134 Å². The second-order valence-corrected chi connectivity index (χ2v) is 5.28. The van der Waals surface area contributed by atoms with Crippen molar-refractivity contribution in [1.82, 2.24) is 0 Å². The van der Waals surface area contributed by atoms with Crippen LogP contribution < -0.4 is 10.1 Å². The van der Waals surface area contributed by atoms with E-state index in [0.29, 0.717) is 22.0 Å². The van der Waals surface area contributed by atoms with Gasteiger partial charge in [-0.1, -0.05) is 23.7 Å². The van der Waals surface area contributed by atoms with Gasteiger partial charge in [0.25, 0.3) is 5.91 Å². The minimum absolute atomic E-state index is 0.272. The van der Waals surface area contributed by atoms with E-state index < -0.39 is 6.10 Å². The van der Waals surface area contributed by atoms with Crippen LogP contribution in [0.1, 0.15) is 18.1 Å². The number of anilines is 1. The number of nitrogens with one attached hydrogen (secondary N) is 1. The Balaban J connectivity index is 2.04. The summed E-state index contributed by atoms with van der Waals surface area (Å²) in [6, 6.07) is 14.2. The van der Waals surface area contributed by atoms with Gasteiger partial charge in [-0.05, 0) is 49.7 Å². The zero-order valence-corrected chi connectivity index (χ0v) is 13.0. The lowest BCUT2D eigenvalue weighted by molar-refractivity contribution is -0.122. The number of hydrogen-bond donors (Lipinski definition) is 1. The first-order chi connectivity index (χ1) is 10.5. The average molecular weight is 315 g/mol. The number of carbonyl (C=O) groups excluding carboxylic acids is 1. The van der Waals surface area contributed by atoms with Crippen LogP contribution in [0.3, 0.4) is 0 Å². The van der Waals surface area contributed by atoms with Crippen molar-refractivity contribution in [3.63, 3.8) is 0 Å². The summed E-state index contributed by atoms with van der Waals surface area (Å²) in [7, 11) is 0. The molecule has 1 atom stereocenters. The Morgan fingerprint density at radius 3 is 2.73 bits per heavy atom. The van der Waals surface area contributed by atoms with Gasteiger partial charge in [0.2, 0.25) is 0 Å². The molecule has 112 valence electrons. The van der Waals surface area contributed by atoms with Crippen molar-refractivity contribution < 1.29 is 9.53 Å². The predicted octanol–water partition coefficient (Wildman–Crippen LogP) is 3.93. The standard InChI is InChI=1S/C17H15ClN2O2/c1-11-4-3-5-14(8-11)20-17(21)12(2)22-16-7-6-13(10-19)9-15(16)18/h3-9,12H,1-2H3,(H,20,21)/t12-/m1/s1. The molecule has 5 heteroatoms. The topological polar surface area (TPSA) is 62.1 Å². The molecule has 0 aliphatic rings. The number of amides is 1. The highest BCUT2D eigenvalue weighted by atomic mass is 35.5. The number of benzene rings is 2. The minimum Gasteiger partial charge on any atom is -0.479 e. The molecule has 0 aromatic heterocycles. The van der Waals surface area contributed by atoms with E-state index in [4.69, 9.17) is 21.6 Å². The Morgan fingerprint density at radius 1 is 1.32 bits per heavy atom. The monoisotopic (exact) mass is 314 g/mol. The highest BCUT2D eigenvalue weighted by molar-refractivity contribution is 6.32. The molecule has 0 bridgehead atoms. The number of nitrogens with zero attached hydrogens (tertiary/aromatic N) is 1. The molecule has 4 nitrogen and oxygen atoms in total. The molecule has 0 spiro atoms. The quantitative estimate of drug-likeness (QED) is 0.930. The summed E-state index contributed by atoms with van der Waals surface area (Å²) < 4.78 is 5.56. The Bertz CT molecular complexity index is 738. The molecule has 2 rings (SSSR count). The van der Waals surface area contributed by atoms with Crippen molar-refractivity contribution in [2.75, 3.05) is 5.32 Å². The Hall–Kier alpha value is -2.51. The molecule has 0 heterocycles. The number of halogens is 1. The first-order valence-corrected chi connectivity index (χ1v) is 7.11. The maximum atomic E-state index is 12.1. The zero-order valence-electron chi connectivity index (χ0n) is 12.3. The van der Waals surface area contributed by atoms with Crippen molar-refractivity contribution in [2.24, 2.45) is 0 Å². The van der Waals surface area contributed by atoms with Gasteiger partial charge >= 0.3 is 0 Å². The zero-order chi connectivity index (χ0) is 16.1. The number of rotatable bonds is 4. The minimum atomic E-state index is -0.717. The molecule has 1 N–H and O–H groups in total. The third-order valence-corrected chi connectivity index (χ3v) is 3.31. The van der Waals surface area contributed by atoms with Crippen LogP contribution >= 0.6 is 11.6 Å².